The summed E-state index contributed by atoms with van der Waals surface area (Å²) in [5, 5.41) is 34.8. The van der Waals surface area contributed by atoms with Gasteiger partial charge in [0.2, 0.25) is 0 Å². The van der Waals surface area contributed by atoms with Gasteiger partial charge in [0.05, 0.1) is 24.5 Å². The number of carbonyl (C=O) groups is 2. The first-order valence-corrected chi connectivity index (χ1v) is 9.57. The number of carboxylic acid groups (broad SMARTS) is 2. The molecule has 32 heavy (non-hydrogen) atoms. The summed E-state index contributed by atoms with van der Waals surface area (Å²) in [6, 6.07) is 0. The topological polar surface area (TPSA) is 166 Å². The Morgan fingerprint density at radius 1 is 0.781 bits per heavy atom. The maximum absolute atomic E-state index is 10.00. The lowest BCUT2D eigenvalue weighted by atomic mass is 10.1. The smallest absolute Gasteiger partial charge is 0.300 e. The monoisotopic (exact) mass is 446 g/mol. The number of aromatic nitrogens is 2. The minimum Gasteiger partial charge on any atom is -0.505 e. The zero-order chi connectivity index (χ0) is 24.8. The summed E-state index contributed by atoms with van der Waals surface area (Å²) in [6.45, 7) is 10.4. The number of nitrogens with zero attached hydrogens (tertiary/aromatic N) is 4. The Balaban J connectivity index is 0.00000104. The molecule has 0 spiro atoms. The van der Waals surface area contributed by atoms with Crippen LogP contribution in [0.3, 0.4) is 0 Å². The van der Waals surface area contributed by atoms with E-state index >= 15 is 0 Å². The Morgan fingerprint density at radius 3 is 1.34 bits per heavy atom. The van der Waals surface area contributed by atoms with Crippen molar-refractivity contribution < 1.29 is 30.0 Å². The van der Waals surface area contributed by atoms with E-state index < -0.39 is 11.9 Å². The molecule has 0 bridgehead atoms. The van der Waals surface area contributed by atoms with Crippen LogP contribution in [0.2, 0.25) is 0 Å². The predicted octanol–water partition coefficient (Wildman–Crippen LogP) is 2.84. The van der Waals surface area contributed by atoms with Gasteiger partial charge in [0.25, 0.3) is 11.9 Å². The van der Waals surface area contributed by atoms with Gasteiger partial charge in [-0.2, -0.15) is 0 Å². The molecular weight excluding hydrogens is 416 g/mol. The lowest BCUT2D eigenvalue weighted by Gasteiger charge is -2.05. The molecule has 0 saturated heterocycles. The Hall–Kier alpha value is -3.82. The lowest BCUT2D eigenvalue weighted by Crippen LogP contribution is -1.97. The molecular formula is C22H30N4O6. The summed E-state index contributed by atoms with van der Waals surface area (Å²) in [7, 11) is 0. The minimum absolute atomic E-state index is 0.162. The van der Waals surface area contributed by atoms with Gasteiger partial charge in [-0.25, -0.2) is 0 Å². The maximum atomic E-state index is 10.00. The van der Waals surface area contributed by atoms with Gasteiger partial charge in [0.15, 0.2) is 0 Å². The lowest BCUT2D eigenvalue weighted by molar-refractivity contribution is -0.135. The summed E-state index contributed by atoms with van der Waals surface area (Å²) in [5.74, 6) is -1.34. The molecule has 10 heteroatoms. The standard InChI is InChI=1S/C18H22N4O2.2C2H4O2/c1-11-7-21-13(3)17(23)15(11)9-19-5-6-20-10-16-12(2)8-22-14(4)18(16)24;2*1-2(3)4/h7-10,23-24H,5-6H2,1-4H3;2*1H3,(H,3,4). The van der Waals surface area contributed by atoms with E-state index in [9.17, 15) is 10.2 Å². The number of aryl methyl sites for hydroxylation is 4. The third kappa shape index (κ3) is 10.8. The average molecular weight is 447 g/mol. The molecule has 0 fully saturated rings. The van der Waals surface area contributed by atoms with Crippen molar-refractivity contribution in [3.8, 4) is 11.5 Å². The van der Waals surface area contributed by atoms with Crippen LogP contribution in [0.1, 0.15) is 47.5 Å². The number of carboxylic acids is 2. The molecule has 0 saturated carbocycles. The number of aromatic hydroxyl groups is 2. The molecule has 2 rings (SSSR count). The van der Waals surface area contributed by atoms with Crippen LogP contribution in [-0.2, 0) is 9.59 Å². The quantitative estimate of drug-likeness (QED) is 0.402. The molecule has 4 N–H and O–H groups in total. The van der Waals surface area contributed by atoms with E-state index in [2.05, 4.69) is 20.0 Å². The Kier molecular flexibility index (Phi) is 12.5. The molecule has 0 atom stereocenters. The third-order valence-electron chi connectivity index (χ3n) is 3.75. The second-order valence-electron chi connectivity index (χ2n) is 6.69. The molecule has 0 aliphatic rings. The molecule has 0 aromatic carbocycles. The fourth-order valence-corrected chi connectivity index (χ4v) is 2.17. The van der Waals surface area contributed by atoms with Crippen molar-refractivity contribution in [2.75, 3.05) is 13.1 Å². The van der Waals surface area contributed by atoms with Crippen LogP contribution >= 0.6 is 0 Å². The number of rotatable bonds is 5. The summed E-state index contributed by atoms with van der Waals surface area (Å²) >= 11 is 0. The van der Waals surface area contributed by atoms with Crippen LogP contribution < -0.4 is 0 Å². The van der Waals surface area contributed by atoms with Crippen LogP contribution in [0.5, 0.6) is 11.5 Å². The molecule has 0 aliphatic heterocycles. The summed E-state index contributed by atoms with van der Waals surface area (Å²) in [6.07, 6.45) is 6.72. The van der Waals surface area contributed by atoms with E-state index in [-0.39, 0.29) is 11.5 Å². The van der Waals surface area contributed by atoms with E-state index in [0.29, 0.717) is 35.6 Å². The van der Waals surface area contributed by atoms with E-state index in [1.807, 2.05) is 13.8 Å². The van der Waals surface area contributed by atoms with Crippen molar-refractivity contribution >= 4 is 24.4 Å². The Morgan fingerprint density at radius 2 is 1.06 bits per heavy atom. The largest absolute Gasteiger partial charge is 0.505 e. The van der Waals surface area contributed by atoms with Crippen LogP contribution in [0.15, 0.2) is 22.4 Å². The molecule has 2 aromatic heterocycles. The van der Waals surface area contributed by atoms with Gasteiger partial charge in [-0.1, -0.05) is 0 Å². The third-order valence-corrected chi connectivity index (χ3v) is 3.75. The summed E-state index contributed by atoms with van der Waals surface area (Å²) in [5.41, 5.74) is 4.28. The fourth-order valence-electron chi connectivity index (χ4n) is 2.17. The van der Waals surface area contributed by atoms with Gasteiger partial charge in [0, 0.05) is 49.8 Å². The number of hydrogen-bond acceptors (Lipinski definition) is 8. The Labute approximate surface area is 187 Å². The van der Waals surface area contributed by atoms with Crippen molar-refractivity contribution in [1.29, 1.82) is 0 Å². The average Bonchev–Trinajstić information content (AvgIpc) is 2.68. The summed E-state index contributed by atoms with van der Waals surface area (Å²) < 4.78 is 0. The highest BCUT2D eigenvalue weighted by molar-refractivity contribution is 5.86. The van der Waals surface area contributed by atoms with Gasteiger partial charge in [-0.15, -0.1) is 0 Å². The first-order chi connectivity index (χ1) is 14.9. The first kappa shape index (κ1) is 28.2. The highest BCUT2D eigenvalue weighted by Gasteiger charge is 2.07. The van der Waals surface area contributed by atoms with E-state index in [0.717, 1.165) is 25.0 Å². The van der Waals surface area contributed by atoms with Gasteiger partial charge in [0.1, 0.15) is 11.5 Å². The highest BCUT2D eigenvalue weighted by atomic mass is 16.4. The maximum Gasteiger partial charge on any atom is 0.300 e. The number of hydrogen-bond donors (Lipinski definition) is 4. The SMILES string of the molecule is CC(=O)O.CC(=O)O.Cc1cnc(C)c(O)c1C=NCCN=Cc1c(C)cnc(C)c1O. The zero-order valence-corrected chi connectivity index (χ0v) is 19.1. The van der Waals surface area contributed by atoms with Crippen molar-refractivity contribution in [3.63, 3.8) is 0 Å². The van der Waals surface area contributed by atoms with Crippen molar-refractivity contribution in [2.24, 2.45) is 9.98 Å². The van der Waals surface area contributed by atoms with Crippen LogP contribution in [0, 0.1) is 27.7 Å². The first-order valence-electron chi connectivity index (χ1n) is 9.57. The molecule has 174 valence electrons. The molecule has 2 aromatic rings. The zero-order valence-electron chi connectivity index (χ0n) is 19.1. The number of pyridine rings is 2. The molecule has 10 nitrogen and oxygen atoms in total. The van der Waals surface area contributed by atoms with Gasteiger partial charge in [-0.3, -0.25) is 29.5 Å². The van der Waals surface area contributed by atoms with Gasteiger partial charge in [-0.05, 0) is 38.8 Å². The predicted molar refractivity (Wildman–Crippen MR) is 122 cm³/mol. The Bertz CT molecular complexity index is 899. The molecule has 0 unspecified atom stereocenters. The number of aliphatic imine (C=N–C) groups is 2. The fraction of sp³-hybridized carbons (Fsp3) is 0.364. The van der Waals surface area contributed by atoms with E-state index in [1.54, 1.807) is 38.7 Å². The van der Waals surface area contributed by atoms with Crippen molar-refractivity contribution in [2.45, 2.75) is 41.5 Å². The minimum atomic E-state index is -0.833. The second kappa shape index (κ2) is 14.2. The van der Waals surface area contributed by atoms with E-state index in [4.69, 9.17) is 19.8 Å². The van der Waals surface area contributed by atoms with Crippen molar-refractivity contribution in [1.82, 2.24) is 9.97 Å². The van der Waals surface area contributed by atoms with Gasteiger partial charge >= 0.3 is 0 Å². The second-order valence-corrected chi connectivity index (χ2v) is 6.69. The molecule has 0 amide bonds. The normalized spacial score (nSPS) is 10.3. The van der Waals surface area contributed by atoms with Crippen LogP contribution in [0.25, 0.3) is 0 Å². The van der Waals surface area contributed by atoms with Crippen molar-refractivity contribution in [3.05, 3.63) is 46.0 Å². The molecule has 0 radical (unpaired) electrons. The highest BCUT2D eigenvalue weighted by Crippen LogP contribution is 2.22. The number of aliphatic carboxylic acids is 2. The van der Waals surface area contributed by atoms with Crippen LogP contribution in [0.4, 0.5) is 0 Å². The van der Waals surface area contributed by atoms with E-state index in [1.165, 1.54) is 0 Å². The molecule has 0 aliphatic carbocycles. The summed E-state index contributed by atoms with van der Waals surface area (Å²) in [4.78, 5) is 34.8. The molecule has 2 heterocycles. The van der Waals surface area contributed by atoms with Gasteiger partial charge < -0.3 is 20.4 Å². The van der Waals surface area contributed by atoms with Crippen LogP contribution in [-0.4, -0.2) is 67.9 Å².